The monoisotopic (exact) mass is 243 g/mol. The highest BCUT2D eigenvalue weighted by molar-refractivity contribution is 5.57. The van der Waals surface area contributed by atoms with Crippen LogP contribution in [0, 0.1) is 10.1 Å². The van der Waals surface area contributed by atoms with Crippen LogP contribution in [0.15, 0.2) is 12.1 Å². The van der Waals surface area contributed by atoms with Crippen LogP contribution in [0.5, 0.6) is 11.5 Å². The van der Waals surface area contributed by atoms with Crippen LogP contribution in [0.4, 0.5) is 5.69 Å². The van der Waals surface area contributed by atoms with Gasteiger partial charge in [-0.1, -0.05) is 0 Å². The lowest BCUT2D eigenvalue weighted by atomic mass is 10.1. The van der Waals surface area contributed by atoms with Gasteiger partial charge in [-0.25, -0.2) is 0 Å². The number of hydrogen-bond donors (Lipinski definition) is 1. The van der Waals surface area contributed by atoms with Gasteiger partial charge >= 0.3 is 5.69 Å². The summed E-state index contributed by atoms with van der Waals surface area (Å²) in [5.41, 5.74) is -0.0743. The van der Waals surface area contributed by atoms with E-state index in [2.05, 4.69) is 0 Å². The minimum Gasteiger partial charge on any atom is -0.500 e. The summed E-state index contributed by atoms with van der Waals surface area (Å²) in [6.45, 7) is 0. The Morgan fingerprint density at radius 1 is 1.29 bits per heavy atom. The van der Waals surface area contributed by atoms with Crippen molar-refractivity contribution in [1.82, 2.24) is 0 Å². The molecular formula is C10H13NO6. The summed E-state index contributed by atoms with van der Waals surface area (Å²) in [6.07, 6.45) is -0.761. The highest BCUT2D eigenvalue weighted by atomic mass is 16.7. The number of phenolic OH excluding ortho intramolecular Hbond substituents is 1. The SMILES string of the molecule is COc1cc(C(OC)OC)cc([N+](=O)[O-])c1O. The van der Waals surface area contributed by atoms with Crippen molar-refractivity contribution in [2.45, 2.75) is 6.29 Å². The van der Waals surface area contributed by atoms with Crippen molar-refractivity contribution in [3.63, 3.8) is 0 Å². The van der Waals surface area contributed by atoms with Gasteiger partial charge < -0.3 is 19.3 Å². The molecule has 0 atom stereocenters. The zero-order chi connectivity index (χ0) is 13.0. The van der Waals surface area contributed by atoms with E-state index in [0.29, 0.717) is 5.56 Å². The maximum atomic E-state index is 10.7. The molecule has 7 nitrogen and oxygen atoms in total. The third-order valence-corrected chi connectivity index (χ3v) is 2.19. The molecule has 0 bridgehead atoms. The van der Waals surface area contributed by atoms with E-state index in [0.717, 1.165) is 0 Å². The second kappa shape index (κ2) is 5.46. The number of aromatic hydroxyl groups is 1. The molecule has 0 saturated carbocycles. The number of methoxy groups -OCH3 is 3. The predicted molar refractivity (Wildman–Crippen MR) is 58.1 cm³/mol. The summed E-state index contributed by atoms with van der Waals surface area (Å²) < 4.78 is 14.8. The van der Waals surface area contributed by atoms with Crippen molar-refractivity contribution in [3.05, 3.63) is 27.8 Å². The van der Waals surface area contributed by atoms with Gasteiger partial charge in [0.2, 0.25) is 5.75 Å². The first-order chi connectivity index (χ1) is 8.04. The van der Waals surface area contributed by atoms with Crippen molar-refractivity contribution in [3.8, 4) is 11.5 Å². The summed E-state index contributed by atoms with van der Waals surface area (Å²) >= 11 is 0. The normalized spacial score (nSPS) is 10.6. The molecule has 0 aromatic heterocycles. The van der Waals surface area contributed by atoms with Crippen LogP contribution in [0.2, 0.25) is 0 Å². The van der Waals surface area contributed by atoms with Crippen LogP contribution in [-0.2, 0) is 9.47 Å². The van der Waals surface area contributed by atoms with Gasteiger partial charge in [0, 0.05) is 25.8 Å². The van der Waals surface area contributed by atoms with Crippen LogP contribution < -0.4 is 4.74 Å². The van der Waals surface area contributed by atoms with Crippen molar-refractivity contribution < 1.29 is 24.2 Å². The molecule has 1 N–H and O–H groups in total. The lowest BCUT2D eigenvalue weighted by Gasteiger charge is -2.15. The summed E-state index contributed by atoms with van der Waals surface area (Å²) in [4.78, 5) is 10.0. The van der Waals surface area contributed by atoms with Gasteiger partial charge in [0.15, 0.2) is 12.0 Å². The number of benzene rings is 1. The van der Waals surface area contributed by atoms with Gasteiger partial charge in [-0.05, 0) is 6.07 Å². The number of ether oxygens (including phenoxy) is 3. The summed E-state index contributed by atoms with van der Waals surface area (Å²) in [5, 5.41) is 20.3. The average molecular weight is 243 g/mol. The Bertz CT molecular complexity index is 416. The molecule has 0 saturated heterocycles. The Balaban J connectivity index is 3.33. The molecule has 94 valence electrons. The van der Waals surface area contributed by atoms with Crippen molar-refractivity contribution in [2.75, 3.05) is 21.3 Å². The molecule has 1 rings (SSSR count). The van der Waals surface area contributed by atoms with E-state index in [1.54, 1.807) is 0 Å². The lowest BCUT2D eigenvalue weighted by Crippen LogP contribution is -2.05. The van der Waals surface area contributed by atoms with Crippen molar-refractivity contribution in [1.29, 1.82) is 0 Å². The van der Waals surface area contributed by atoms with E-state index >= 15 is 0 Å². The Hall–Kier alpha value is -1.86. The van der Waals surface area contributed by atoms with E-state index < -0.39 is 22.7 Å². The van der Waals surface area contributed by atoms with Crippen LogP contribution in [0.3, 0.4) is 0 Å². The lowest BCUT2D eigenvalue weighted by molar-refractivity contribution is -0.386. The van der Waals surface area contributed by atoms with E-state index in [4.69, 9.17) is 14.2 Å². The number of nitrogens with zero attached hydrogens (tertiary/aromatic N) is 1. The molecule has 0 aliphatic carbocycles. The second-order valence-electron chi connectivity index (χ2n) is 3.15. The topological polar surface area (TPSA) is 91.1 Å². The summed E-state index contributed by atoms with van der Waals surface area (Å²) in [6, 6.07) is 2.59. The average Bonchev–Trinajstić information content (AvgIpc) is 2.31. The summed E-state index contributed by atoms with van der Waals surface area (Å²) in [7, 11) is 4.11. The fourth-order valence-corrected chi connectivity index (χ4v) is 1.41. The second-order valence-corrected chi connectivity index (χ2v) is 3.15. The highest BCUT2D eigenvalue weighted by Crippen LogP contribution is 2.38. The number of nitro groups is 1. The third-order valence-electron chi connectivity index (χ3n) is 2.19. The number of rotatable bonds is 5. The molecule has 0 radical (unpaired) electrons. The van der Waals surface area contributed by atoms with Gasteiger partial charge in [0.25, 0.3) is 0 Å². The predicted octanol–water partition coefficient (Wildman–Crippen LogP) is 1.60. The van der Waals surface area contributed by atoms with E-state index in [-0.39, 0.29) is 5.75 Å². The first-order valence-electron chi connectivity index (χ1n) is 4.66. The fourth-order valence-electron chi connectivity index (χ4n) is 1.41. The molecule has 0 heterocycles. The molecule has 0 aliphatic rings. The highest BCUT2D eigenvalue weighted by Gasteiger charge is 2.23. The fraction of sp³-hybridized carbons (Fsp3) is 0.400. The molecular weight excluding hydrogens is 230 g/mol. The van der Waals surface area contributed by atoms with Gasteiger partial charge in [0.1, 0.15) is 0 Å². The van der Waals surface area contributed by atoms with Gasteiger partial charge in [-0.3, -0.25) is 10.1 Å². The first kappa shape index (κ1) is 13.2. The van der Waals surface area contributed by atoms with Crippen LogP contribution in [0.25, 0.3) is 0 Å². The molecule has 1 aromatic rings. The molecule has 0 spiro atoms. The maximum absolute atomic E-state index is 10.7. The van der Waals surface area contributed by atoms with Crippen LogP contribution in [-0.4, -0.2) is 31.4 Å². The summed E-state index contributed by atoms with van der Waals surface area (Å²) in [5.74, 6) is -0.527. The smallest absolute Gasteiger partial charge is 0.315 e. The molecule has 0 amide bonds. The quantitative estimate of drug-likeness (QED) is 0.479. The van der Waals surface area contributed by atoms with Crippen LogP contribution in [0.1, 0.15) is 11.9 Å². The number of nitro benzene ring substituents is 1. The van der Waals surface area contributed by atoms with E-state index in [1.165, 1.54) is 33.5 Å². The van der Waals surface area contributed by atoms with Gasteiger partial charge in [-0.15, -0.1) is 0 Å². The molecule has 17 heavy (non-hydrogen) atoms. The first-order valence-corrected chi connectivity index (χ1v) is 4.66. The minimum atomic E-state index is -0.761. The van der Waals surface area contributed by atoms with Crippen molar-refractivity contribution >= 4 is 5.69 Å². The third kappa shape index (κ3) is 2.63. The zero-order valence-electron chi connectivity index (χ0n) is 9.67. The standard InChI is InChI=1S/C10H13NO6/c1-15-8-5-6(10(16-2)17-3)4-7(9(8)12)11(13)14/h4-5,10,12H,1-3H3. The van der Waals surface area contributed by atoms with Gasteiger partial charge in [-0.2, -0.15) is 0 Å². The molecule has 0 fully saturated rings. The Kier molecular flexibility index (Phi) is 4.24. The zero-order valence-corrected chi connectivity index (χ0v) is 9.67. The minimum absolute atomic E-state index is 0.00620. The van der Waals surface area contributed by atoms with Crippen molar-refractivity contribution in [2.24, 2.45) is 0 Å². The van der Waals surface area contributed by atoms with E-state index in [9.17, 15) is 15.2 Å². The Labute approximate surface area is 97.7 Å². The Morgan fingerprint density at radius 3 is 2.29 bits per heavy atom. The molecule has 1 aromatic carbocycles. The number of hydrogen-bond acceptors (Lipinski definition) is 6. The maximum Gasteiger partial charge on any atom is 0.315 e. The van der Waals surface area contributed by atoms with Crippen LogP contribution >= 0.6 is 0 Å². The molecule has 0 aliphatic heterocycles. The van der Waals surface area contributed by atoms with E-state index in [1.807, 2.05) is 0 Å². The molecule has 7 heteroatoms. The molecule has 0 unspecified atom stereocenters. The van der Waals surface area contributed by atoms with Gasteiger partial charge in [0.05, 0.1) is 12.0 Å². The largest absolute Gasteiger partial charge is 0.500 e. The number of phenols is 1. The Morgan fingerprint density at radius 2 is 1.88 bits per heavy atom.